The topological polar surface area (TPSA) is 52.0 Å². The first-order valence-corrected chi connectivity index (χ1v) is 5.50. The van der Waals surface area contributed by atoms with Crippen molar-refractivity contribution in [3.05, 3.63) is 41.2 Å². The maximum absolute atomic E-state index is 6.06. The molecule has 1 atom stereocenters. The Kier molecular flexibility index (Phi) is 3.27. The molecule has 1 aromatic carbocycles. The van der Waals surface area contributed by atoms with Gasteiger partial charge in [-0.2, -0.15) is 0 Å². The van der Waals surface area contributed by atoms with Gasteiger partial charge in [0.15, 0.2) is 0 Å². The lowest BCUT2D eigenvalue weighted by molar-refractivity contribution is 0.570. The number of nitrogens with zero attached hydrogens (tertiary/aromatic N) is 1. The van der Waals surface area contributed by atoms with Crippen LogP contribution in [-0.4, -0.2) is 11.5 Å². The number of oxazole rings is 1. The second-order valence-corrected chi connectivity index (χ2v) is 4.10. The summed E-state index contributed by atoms with van der Waals surface area (Å²) in [5.41, 5.74) is 7.24. The number of halogens is 1. The number of rotatable bonds is 3. The Bertz CT molecular complexity index is 481. The van der Waals surface area contributed by atoms with Crippen LogP contribution in [0.25, 0.3) is 11.5 Å². The molecule has 0 radical (unpaired) electrons. The smallest absolute Gasteiger partial charge is 0.227 e. The number of nitrogens with two attached hydrogens (primary N) is 1. The monoisotopic (exact) mass is 236 g/mol. The van der Waals surface area contributed by atoms with Crippen LogP contribution in [0.1, 0.15) is 18.5 Å². The average molecular weight is 237 g/mol. The van der Waals surface area contributed by atoms with Crippen molar-refractivity contribution >= 4 is 11.6 Å². The van der Waals surface area contributed by atoms with E-state index in [2.05, 4.69) is 4.98 Å². The molecule has 4 heteroatoms. The van der Waals surface area contributed by atoms with Gasteiger partial charge in [0.05, 0.1) is 16.3 Å². The molecule has 1 heterocycles. The van der Waals surface area contributed by atoms with Crippen molar-refractivity contribution in [2.75, 3.05) is 6.54 Å². The van der Waals surface area contributed by atoms with Gasteiger partial charge in [0, 0.05) is 12.5 Å². The predicted molar refractivity (Wildman–Crippen MR) is 64.4 cm³/mol. The minimum atomic E-state index is 0.194. The van der Waals surface area contributed by atoms with Gasteiger partial charge in [-0.25, -0.2) is 4.98 Å². The van der Waals surface area contributed by atoms with Crippen LogP contribution in [-0.2, 0) is 0 Å². The van der Waals surface area contributed by atoms with Crippen LogP contribution in [0.5, 0.6) is 0 Å². The quantitative estimate of drug-likeness (QED) is 0.891. The zero-order chi connectivity index (χ0) is 11.5. The van der Waals surface area contributed by atoms with Crippen LogP contribution in [0.15, 0.2) is 34.9 Å². The molecular formula is C12H13ClN2O. The molecule has 0 aliphatic carbocycles. The Morgan fingerprint density at radius 2 is 2.19 bits per heavy atom. The van der Waals surface area contributed by atoms with Crippen molar-refractivity contribution in [2.45, 2.75) is 12.8 Å². The fourth-order valence-corrected chi connectivity index (χ4v) is 1.61. The summed E-state index contributed by atoms with van der Waals surface area (Å²) in [5, 5.41) is 0.635. The summed E-state index contributed by atoms with van der Waals surface area (Å²) in [6, 6.07) is 7.47. The van der Waals surface area contributed by atoms with Crippen molar-refractivity contribution in [3.8, 4) is 11.5 Å². The molecule has 0 aliphatic heterocycles. The summed E-state index contributed by atoms with van der Waals surface area (Å²) < 4.78 is 5.40. The number of benzene rings is 1. The van der Waals surface area contributed by atoms with Crippen molar-refractivity contribution in [1.29, 1.82) is 0 Å². The lowest BCUT2D eigenvalue weighted by Gasteiger charge is -2.01. The average Bonchev–Trinajstić information content (AvgIpc) is 2.78. The van der Waals surface area contributed by atoms with Gasteiger partial charge in [-0.3, -0.25) is 0 Å². The Hall–Kier alpha value is -1.32. The maximum atomic E-state index is 6.06. The maximum Gasteiger partial charge on any atom is 0.227 e. The zero-order valence-electron chi connectivity index (χ0n) is 8.98. The third-order valence-corrected chi connectivity index (χ3v) is 2.81. The van der Waals surface area contributed by atoms with Gasteiger partial charge in [0.2, 0.25) is 5.89 Å². The largest absolute Gasteiger partial charge is 0.444 e. The number of hydrogen-bond donors (Lipinski definition) is 1. The summed E-state index contributed by atoms with van der Waals surface area (Å²) in [6.07, 6.45) is 1.64. The SMILES string of the molecule is CC(CN)c1coc(-c2ccccc2Cl)n1. The van der Waals surface area contributed by atoms with Gasteiger partial charge in [-0.05, 0) is 12.1 Å². The van der Waals surface area contributed by atoms with Crippen LogP contribution in [0.4, 0.5) is 0 Å². The summed E-state index contributed by atoms with van der Waals surface area (Å²) in [7, 11) is 0. The summed E-state index contributed by atoms with van der Waals surface area (Å²) in [5.74, 6) is 0.737. The Labute approximate surface area is 99.2 Å². The third kappa shape index (κ3) is 2.10. The Balaban J connectivity index is 2.35. The van der Waals surface area contributed by atoms with Crippen LogP contribution in [0.3, 0.4) is 0 Å². The molecule has 0 bridgehead atoms. The normalized spacial score (nSPS) is 12.7. The van der Waals surface area contributed by atoms with E-state index in [1.165, 1.54) is 0 Å². The predicted octanol–water partition coefficient (Wildman–Crippen LogP) is 3.06. The van der Waals surface area contributed by atoms with Crippen LogP contribution in [0, 0.1) is 0 Å². The van der Waals surface area contributed by atoms with Gasteiger partial charge >= 0.3 is 0 Å². The van der Waals surface area contributed by atoms with Gasteiger partial charge in [0.1, 0.15) is 6.26 Å². The zero-order valence-corrected chi connectivity index (χ0v) is 9.74. The molecule has 16 heavy (non-hydrogen) atoms. The summed E-state index contributed by atoms with van der Waals surface area (Å²) in [4.78, 5) is 4.38. The van der Waals surface area contributed by atoms with Crippen LogP contribution in [0.2, 0.25) is 5.02 Å². The second-order valence-electron chi connectivity index (χ2n) is 3.69. The van der Waals surface area contributed by atoms with Crippen LogP contribution >= 0.6 is 11.6 Å². The number of aromatic nitrogens is 1. The molecule has 1 unspecified atom stereocenters. The molecule has 0 saturated carbocycles. The van der Waals surface area contributed by atoms with Crippen LogP contribution < -0.4 is 5.73 Å². The molecule has 1 aromatic heterocycles. The highest BCUT2D eigenvalue weighted by atomic mass is 35.5. The first-order chi connectivity index (χ1) is 7.72. The molecular weight excluding hydrogens is 224 g/mol. The van der Waals surface area contributed by atoms with Gasteiger partial charge in [-0.1, -0.05) is 30.7 Å². The summed E-state index contributed by atoms with van der Waals surface area (Å²) >= 11 is 6.06. The number of hydrogen-bond acceptors (Lipinski definition) is 3. The lowest BCUT2D eigenvalue weighted by atomic mass is 10.1. The molecule has 2 N–H and O–H groups in total. The molecule has 0 aliphatic rings. The van der Waals surface area contributed by atoms with Crippen molar-refractivity contribution < 1.29 is 4.42 Å². The first kappa shape index (κ1) is 11.2. The fraction of sp³-hybridized carbons (Fsp3) is 0.250. The van der Waals surface area contributed by atoms with E-state index in [1.807, 2.05) is 31.2 Å². The van der Waals surface area contributed by atoms with E-state index in [4.69, 9.17) is 21.8 Å². The molecule has 0 spiro atoms. The Morgan fingerprint density at radius 1 is 1.44 bits per heavy atom. The molecule has 0 amide bonds. The highest BCUT2D eigenvalue weighted by molar-refractivity contribution is 6.33. The molecule has 3 nitrogen and oxygen atoms in total. The van der Waals surface area contributed by atoms with Crippen molar-refractivity contribution in [3.63, 3.8) is 0 Å². The first-order valence-electron chi connectivity index (χ1n) is 5.12. The van der Waals surface area contributed by atoms with Gasteiger partial charge in [-0.15, -0.1) is 0 Å². The highest BCUT2D eigenvalue weighted by Crippen LogP contribution is 2.28. The van der Waals surface area contributed by atoms with E-state index in [1.54, 1.807) is 6.26 Å². The Morgan fingerprint density at radius 3 is 2.88 bits per heavy atom. The fourth-order valence-electron chi connectivity index (χ4n) is 1.39. The molecule has 84 valence electrons. The van der Waals surface area contributed by atoms with Crippen molar-refractivity contribution in [2.24, 2.45) is 5.73 Å². The van der Waals surface area contributed by atoms with E-state index in [9.17, 15) is 0 Å². The minimum absolute atomic E-state index is 0.194. The van der Waals surface area contributed by atoms with E-state index in [0.717, 1.165) is 11.3 Å². The van der Waals surface area contributed by atoms with E-state index in [0.29, 0.717) is 17.5 Å². The van der Waals surface area contributed by atoms with Crippen molar-refractivity contribution in [1.82, 2.24) is 4.98 Å². The third-order valence-electron chi connectivity index (χ3n) is 2.48. The van der Waals surface area contributed by atoms with E-state index >= 15 is 0 Å². The van der Waals surface area contributed by atoms with E-state index < -0.39 is 0 Å². The molecule has 0 fully saturated rings. The lowest BCUT2D eigenvalue weighted by Crippen LogP contribution is -2.08. The molecule has 2 rings (SSSR count). The second kappa shape index (κ2) is 4.68. The van der Waals surface area contributed by atoms with Gasteiger partial charge < -0.3 is 10.2 Å². The standard InChI is InChI=1S/C12H13ClN2O/c1-8(6-14)11-7-16-12(15-11)9-4-2-3-5-10(9)13/h2-5,7-8H,6,14H2,1H3. The minimum Gasteiger partial charge on any atom is -0.444 e. The van der Waals surface area contributed by atoms with E-state index in [-0.39, 0.29) is 5.92 Å². The highest BCUT2D eigenvalue weighted by Gasteiger charge is 2.12. The van der Waals surface area contributed by atoms with Gasteiger partial charge in [0.25, 0.3) is 0 Å². The molecule has 0 saturated heterocycles. The molecule has 2 aromatic rings. The summed E-state index contributed by atoms with van der Waals surface area (Å²) in [6.45, 7) is 2.56.